The van der Waals surface area contributed by atoms with Gasteiger partial charge in [0, 0.05) is 30.9 Å². The van der Waals surface area contributed by atoms with E-state index in [1.165, 1.54) is 0 Å². The van der Waals surface area contributed by atoms with E-state index in [-0.39, 0.29) is 5.92 Å². The monoisotopic (exact) mass is 369 g/mol. The minimum Gasteiger partial charge on any atom is -0.471 e. The summed E-state index contributed by atoms with van der Waals surface area (Å²) in [6, 6.07) is 14.9. The molecule has 2 aromatic carbocycles. The fourth-order valence-corrected chi connectivity index (χ4v) is 5.84. The van der Waals surface area contributed by atoms with Crippen molar-refractivity contribution in [2.75, 3.05) is 6.54 Å². The maximum Gasteiger partial charge on any atom is 0.246 e. The molecule has 1 spiro atoms. The summed E-state index contributed by atoms with van der Waals surface area (Å²) < 4.78 is 34.6. The number of nitrogens with zero attached hydrogens (tertiary/aromatic N) is 1. The van der Waals surface area contributed by atoms with Gasteiger partial charge in [-0.3, -0.25) is 0 Å². The molecule has 136 valence electrons. The third-order valence-electron chi connectivity index (χ3n) is 5.43. The van der Waals surface area contributed by atoms with E-state index >= 15 is 0 Å². The SMILES string of the molecule is C=C[C@@H]1C[C@@]2(CCCN2S(=O)(=O)c2ccc(C)cc2)Oc2ccccc21. The first-order valence-electron chi connectivity index (χ1n) is 8.96. The number of hydrogen-bond donors (Lipinski definition) is 0. The van der Waals surface area contributed by atoms with Crippen LogP contribution in [0.25, 0.3) is 0 Å². The first-order chi connectivity index (χ1) is 12.5. The van der Waals surface area contributed by atoms with E-state index in [1.54, 1.807) is 16.4 Å². The van der Waals surface area contributed by atoms with Crippen LogP contribution in [0.5, 0.6) is 5.75 Å². The van der Waals surface area contributed by atoms with Crippen molar-refractivity contribution >= 4 is 10.0 Å². The van der Waals surface area contributed by atoms with Gasteiger partial charge in [-0.05, 0) is 31.5 Å². The molecule has 0 unspecified atom stereocenters. The number of benzene rings is 2. The van der Waals surface area contributed by atoms with Crippen LogP contribution in [0.3, 0.4) is 0 Å². The number of allylic oxidation sites excluding steroid dienone is 1. The van der Waals surface area contributed by atoms with Crippen LogP contribution in [0.15, 0.2) is 66.1 Å². The molecule has 5 heteroatoms. The molecule has 0 N–H and O–H groups in total. The number of sulfonamides is 1. The number of rotatable bonds is 3. The van der Waals surface area contributed by atoms with Crippen molar-refractivity contribution in [3.63, 3.8) is 0 Å². The highest BCUT2D eigenvalue weighted by molar-refractivity contribution is 7.89. The molecular weight excluding hydrogens is 346 g/mol. The molecule has 2 aromatic rings. The number of para-hydroxylation sites is 1. The second-order valence-corrected chi connectivity index (χ2v) is 8.99. The molecule has 0 aromatic heterocycles. The van der Waals surface area contributed by atoms with Gasteiger partial charge in [0.2, 0.25) is 10.0 Å². The summed E-state index contributed by atoms with van der Waals surface area (Å²) in [4.78, 5) is 0.321. The molecule has 4 rings (SSSR count). The van der Waals surface area contributed by atoms with Crippen LogP contribution in [0.2, 0.25) is 0 Å². The fourth-order valence-electron chi connectivity index (χ4n) is 4.10. The molecule has 0 radical (unpaired) electrons. The highest BCUT2D eigenvalue weighted by Gasteiger charge is 2.52. The summed E-state index contributed by atoms with van der Waals surface area (Å²) in [5, 5.41) is 0. The summed E-state index contributed by atoms with van der Waals surface area (Å²) in [5.41, 5.74) is 1.28. The third kappa shape index (κ3) is 2.66. The Bertz CT molecular complexity index is 936. The van der Waals surface area contributed by atoms with Crippen LogP contribution in [0.4, 0.5) is 0 Å². The summed E-state index contributed by atoms with van der Waals surface area (Å²) in [6.07, 6.45) is 3.98. The largest absolute Gasteiger partial charge is 0.471 e. The lowest BCUT2D eigenvalue weighted by atomic mass is 9.86. The Balaban J connectivity index is 1.77. The van der Waals surface area contributed by atoms with Crippen molar-refractivity contribution in [2.45, 2.75) is 42.7 Å². The van der Waals surface area contributed by atoms with E-state index in [4.69, 9.17) is 4.74 Å². The fraction of sp³-hybridized carbons (Fsp3) is 0.333. The molecule has 1 fully saturated rings. The van der Waals surface area contributed by atoms with Crippen molar-refractivity contribution in [3.8, 4) is 5.75 Å². The van der Waals surface area contributed by atoms with Crippen LogP contribution >= 0.6 is 0 Å². The lowest BCUT2D eigenvalue weighted by Crippen LogP contribution is -2.53. The summed E-state index contributed by atoms with van der Waals surface area (Å²) in [7, 11) is -3.62. The van der Waals surface area contributed by atoms with Crippen LogP contribution < -0.4 is 4.74 Å². The van der Waals surface area contributed by atoms with E-state index in [1.807, 2.05) is 49.4 Å². The van der Waals surface area contributed by atoms with Gasteiger partial charge in [0.15, 0.2) is 5.72 Å². The van der Waals surface area contributed by atoms with Gasteiger partial charge in [-0.15, -0.1) is 6.58 Å². The van der Waals surface area contributed by atoms with Gasteiger partial charge in [0.1, 0.15) is 5.75 Å². The second kappa shape index (κ2) is 6.25. The smallest absolute Gasteiger partial charge is 0.246 e. The molecule has 1 saturated heterocycles. The Hall–Kier alpha value is -2.11. The van der Waals surface area contributed by atoms with Crippen molar-refractivity contribution in [1.82, 2.24) is 4.31 Å². The average Bonchev–Trinajstić information content (AvgIpc) is 3.04. The number of ether oxygens (including phenoxy) is 1. The molecule has 0 saturated carbocycles. The van der Waals surface area contributed by atoms with Crippen LogP contribution in [0, 0.1) is 6.92 Å². The van der Waals surface area contributed by atoms with Crippen molar-refractivity contribution in [3.05, 3.63) is 72.3 Å². The summed E-state index contributed by atoms with van der Waals surface area (Å²) in [6.45, 7) is 6.39. The zero-order chi connectivity index (χ0) is 18.4. The zero-order valence-corrected chi connectivity index (χ0v) is 15.7. The minimum atomic E-state index is -3.62. The standard InChI is InChI=1S/C21H23NO3S/c1-3-17-15-21(25-20-8-5-4-7-19(17)20)13-6-14-22(21)26(23,24)18-11-9-16(2)10-12-18/h3-5,7-12,17H,1,6,13-15H2,2H3/t17-,21-/m1/s1. The Labute approximate surface area is 155 Å². The molecule has 2 heterocycles. The molecule has 4 nitrogen and oxygen atoms in total. The molecule has 2 atom stereocenters. The van der Waals surface area contributed by atoms with Crippen LogP contribution in [-0.4, -0.2) is 25.0 Å². The molecular formula is C21H23NO3S. The van der Waals surface area contributed by atoms with Gasteiger partial charge in [-0.25, -0.2) is 8.42 Å². The Morgan fingerprint density at radius 2 is 1.92 bits per heavy atom. The van der Waals surface area contributed by atoms with Gasteiger partial charge >= 0.3 is 0 Å². The van der Waals surface area contributed by atoms with Gasteiger partial charge in [0.25, 0.3) is 0 Å². The van der Waals surface area contributed by atoms with E-state index < -0.39 is 15.7 Å². The highest BCUT2D eigenvalue weighted by atomic mass is 32.2. The molecule has 0 aliphatic carbocycles. The Kier molecular flexibility index (Phi) is 4.16. The zero-order valence-electron chi connectivity index (χ0n) is 14.9. The van der Waals surface area contributed by atoms with Crippen LogP contribution in [0.1, 0.15) is 36.3 Å². The Morgan fingerprint density at radius 1 is 1.19 bits per heavy atom. The number of hydrogen-bond acceptors (Lipinski definition) is 3. The van der Waals surface area contributed by atoms with Gasteiger partial charge in [-0.1, -0.05) is 42.0 Å². The van der Waals surface area contributed by atoms with Gasteiger partial charge in [0.05, 0.1) is 4.90 Å². The van der Waals surface area contributed by atoms with E-state index in [2.05, 4.69) is 6.58 Å². The summed E-state index contributed by atoms with van der Waals surface area (Å²) >= 11 is 0. The maximum atomic E-state index is 13.3. The van der Waals surface area contributed by atoms with Crippen molar-refractivity contribution in [1.29, 1.82) is 0 Å². The minimum absolute atomic E-state index is 0.0776. The molecule has 0 amide bonds. The first-order valence-corrected chi connectivity index (χ1v) is 10.4. The lowest BCUT2D eigenvalue weighted by Gasteiger charge is -2.43. The van der Waals surface area contributed by atoms with Crippen LogP contribution in [-0.2, 0) is 10.0 Å². The Morgan fingerprint density at radius 3 is 2.65 bits per heavy atom. The normalized spacial score (nSPS) is 25.7. The van der Waals surface area contributed by atoms with Crippen molar-refractivity contribution in [2.24, 2.45) is 0 Å². The molecule has 2 aliphatic heterocycles. The van der Waals surface area contributed by atoms with Crippen molar-refractivity contribution < 1.29 is 13.2 Å². The molecule has 26 heavy (non-hydrogen) atoms. The third-order valence-corrected chi connectivity index (χ3v) is 7.40. The maximum absolute atomic E-state index is 13.3. The van der Waals surface area contributed by atoms with Gasteiger partial charge in [-0.2, -0.15) is 4.31 Å². The summed E-state index contributed by atoms with van der Waals surface area (Å²) in [5.74, 6) is 0.837. The van der Waals surface area contributed by atoms with E-state index in [0.29, 0.717) is 24.3 Å². The lowest BCUT2D eigenvalue weighted by molar-refractivity contribution is -0.0309. The topological polar surface area (TPSA) is 46.6 Å². The number of fused-ring (bicyclic) bond motifs is 1. The predicted molar refractivity (Wildman–Crippen MR) is 102 cm³/mol. The average molecular weight is 369 g/mol. The quantitative estimate of drug-likeness (QED) is 0.761. The predicted octanol–water partition coefficient (Wildman–Crippen LogP) is 4.23. The van der Waals surface area contributed by atoms with E-state index in [9.17, 15) is 8.42 Å². The first kappa shape index (κ1) is 17.3. The van der Waals surface area contributed by atoms with Gasteiger partial charge < -0.3 is 4.74 Å². The molecule has 0 bridgehead atoms. The number of aryl methyl sites for hydroxylation is 1. The second-order valence-electron chi connectivity index (χ2n) is 7.13. The van der Waals surface area contributed by atoms with E-state index in [0.717, 1.165) is 23.3 Å². The molecule has 2 aliphatic rings. The highest BCUT2D eigenvalue weighted by Crippen LogP contribution is 2.48.